The van der Waals surface area contributed by atoms with E-state index in [0.717, 1.165) is 16.2 Å². The van der Waals surface area contributed by atoms with Crippen molar-refractivity contribution in [3.05, 3.63) is 23.8 Å². The number of ether oxygens (including phenoxy) is 1. The lowest BCUT2D eigenvalue weighted by molar-refractivity contribution is 0.272. The van der Waals surface area contributed by atoms with E-state index in [9.17, 15) is 0 Å². The maximum Gasteiger partial charge on any atom is 0.137 e. The van der Waals surface area contributed by atoms with Crippen LogP contribution >= 0.6 is 11.8 Å². The molecule has 0 aliphatic heterocycles. The summed E-state index contributed by atoms with van der Waals surface area (Å²) in [6.45, 7) is 0.0254. The standard InChI is InChI=1S/C9H12O2S/c1-11-9-7(6-10)4-3-5-8(9)12-2/h3-5,10H,6H2,1-2H3. The third-order valence-electron chi connectivity index (χ3n) is 1.65. The molecule has 1 N–H and O–H groups in total. The SMILES string of the molecule is COc1c(CO)cccc1SC. The van der Waals surface area contributed by atoms with Crippen LogP contribution in [0.25, 0.3) is 0 Å². The van der Waals surface area contributed by atoms with Crippen LogP contribution in [0.5, 0.6) is 5.75 Å². The van der Waals surface area contributed by atoms with Crippen LogP contribution in [0.1, 0.15) is 5.56 Å². The van der Waals surface area contributed by atoms with E-state index in [1.54, 1.807) is 18.9 Å². The minimum atomic E-state index is 0.0254. The van der Waals surface area contributed by atoms with Gasteiger partial charge in [0.25, 0.3) is 0 Å². The van der Waals surface area contributed by atoms with Crippen molar-refractivity contribution in [2.45, 2.75) is 11.5 Å². The molecule has 0 unspecified atom stereocenters. The van der Waals surface area contributed by atoms with Crippen molar-refractivity contribution in [3.63, 3.8) is 0 Å². The Morgan fingerprint density at radius 3 is 2.75 bits per heavy atom. The van der Waals surface area contributed by atoms with Gasteiger partial charge in [-0.15, -0.1) is 11.8 Å². The number of aliphatic hydroxyl groups excluding tert-OH is 1. The molecular formula is C9H12O2S. The molecule has 1 aromatic carbocycles. The first-order chi connectivity index (χ1) is 5.83. The van der Waals surface area contributed by atoms with Crippen LogP contribution in [0.15, 0.2) is 23.1 Å². The maximum atomic E-state index is 8.98. The molecule has 0 bridgehead atoms. The molecule has 0 atom stereocenters. The zero-order valence-corrected chi connectivity index (χ0v) is 8.02. The fraction of sp³-hybridized carbons (Fsp3) is 0.333. The molecule has 0 heterocycles. The van der Waals surface area contributed by atoms with E-state index < -0.39 is 0 Å². The summed E-state index contributed by atoms with van der Waals surface area (Å²) < 4.78 is 5.18. The van der Waals surface area contributed by atoms with Gasteiger partial charge in [0, 0.05) is 10.5 Å². The number of para-hydroxylation sites is 1. The molecule has 0 spiro atoms. The molecule has 0 aliphatic rings. The lowest BCUT2D eigenvalue weighted by Gasteiger charge is -2.09. The fourth-order valence-corrected chi connectivity index (χ4v) is 1.69. The third kappa shape index (κ3) is 1.73. The first-order valence-electron chi connectivity index (χ1n) is 3.64. The molecule has 0 aliphatic carbocycles. The highest BCUT2D eigenvalue weighted by Gasteiger charge is 2.05. The highest BCUT2D eigenvalue weighted by atomic mass is 32.2. The van der Waals surface area contributed by atoms with Gasteiger partial charge in [-0.2, -0.15) is 0 Å². The molecule has 2 nitrogen and oxygen atoms in total. The predicted molar refractivity (Wildman–Crippen MR) is 50.7 cm³/mol. The monoisotopic (exact) mass is 184 g/mol. The normalized spacial score (nSPS) is 9.92. The summed E-state index contributed by atoms with van der Waals surface area (Å²) in [7, 11) is 1.62. The highest BCUT2D eigenvalue weighted by molar-refractivity contribution is 7.98. The summed E-state index contributed by atoms with van der Waals surface area (Å²) in [5, 5.41) is 8.98. The second kappa shape index (κ2) is 4.38. The molecule has 0 saturated carbocycles. The van der Waals surface area contributed by atoms with Crippen LogP contribution in [0, 0.1) is 0 Å². The number of thioether (sulfide) groups is 1. The average Bonchev–Trinajstić information content (AvgIpc) is 2.16. The van der Waals surface area contributed by atoms with Crippen LogP contribution < -0.4 is 4.74 Å². The Hall–Kier alpha value is -0.670. The zero-order valence-electron chi connectivity index (χ0n) is 7.20. The summed E-state index contributed by atoms with van der Waals surface area (Å²) >= 11 is 1.61. The number of rotatable bonds is 3. The fourth-order valence-electron chi connectivity index (χ4n) is 1.08. The van der Waals surface area contributed by atoms with Crippen molar-refractivity contribution in [3.8, 4) is 5.75 Å². The topological polar surface area (TPSA) is 29.5 Å². The van der Waals surface area contributed by atoms with Crippen LogP contribution in [0.3, 0.4) is 0 Å². The van der Waals surface area contributed by atoms with Crippen molar-refractivity contribution in [2.24, 2.45) is 0 Å². The number of benzene rings is 1. The Kier molecular flexibility index (Phi) is 3.44. The molecule has 3 heteroatoms. The Balaban J connectivity index is 3.13. The van der Waals surface area contributed by atoms with Crippen molar-refractivity contribution in [2.75, 3.05) is 13.4 Å². The predicted octanol–water partition coefficient (Wildman–Crippen LogP) is 1.91. The average molecular weight is 184 g/mol. The Morgan fingerprint density at radius 2 is 2.25 bits per heavy atom. The summed E-state index contributed by atoms with van der Waals surface area (Å²) in [6, 6.07) is 5.75. The zero-order chi connectivity index (χ0) is 8.97. The minimum absolute atomic E-state index is 0.0254. The van der Waals surface area contributed by atoms with Gasteiger partial charge in [0.1, 0.15) is 5.75 Å². The van der Waals surface area contributed by atoms with E-state index in [1.807, 2.05) is 24.5 Å². The lowest BCUT2D eigenvalue weighted by atomic mass is 10.2. The third-order valence-corrected chi connectivity index (χ3v) is 2.42. The van der Waals surface area contributed by atoms with Gasteiger partial charge in [0.15, 0.2) is 0 Å². The number of hydrogen-bond acceptors (Lipinski definition) is 3. The Bertz CT molecular complexity index is 238. The molecule has 0 fully saturated rings. The summed E-state index contributed by atoms with van der Waals surface area (Å²) in [4.78, 5) is 1.06. The van der Waals surface area contributed by atoms with Gasteiger partial charge >= 0.3 is 0 Å². The number of methoxy groups -OCH3 is 1. The van der Waals surface area contributed by atoms with E-state index in [2.05, 4.69) is 0 Å². The molecule has 66 valence electrons. The van der Waals surface area contributed by atoms with Crippen LogP contribution in [0.2, 0.25) is 0 Å². The lowest BCUT2D eigenvalue weighted by Crippen LogP contribution is -1.93. The summed E-state index contributed by atoms with van der Waals surface area (Å²) in [5.74, 6) is 0.785. The van der Waals surface area contributed by atoms with E-state index in [1.165, 1.54) is 0 Å². The van der Waals surface area contributed by atoms with Gasteiger partial charge in [0.2, 0.25) is 0 Å². The molecule has 12 heavy (non-hydrogen) atoms. The molecule has 0 aromatic heterocycles. The van der Waals surface area contributed by atoms with E-state index >= 15 is 0 Å². The van der Waals surface area contributed by atoms with Crippen molar-refractivity contribution in [1.29, 1.82) is 0 Å². The molecule has 0 saturated heterocycles. The van der Waals surface area contributed by atoms with E-state index in [4.69, 9.17) is 9.84 Å². The van der Waals surface area contributed by atoms with Crippen LogP contribution in [0.4, 0.5) is 0 Å². The first-order valence-corrected chi connectivity index (χ1v) is 4.86. The number of aliphatic hydroxyl groups is 1. The van der Waals surface area contributed by atoms with Gasteiger partial charge in [-0.25, -0.2) is 0 Å². The second-order valence-electron chi connectivity index (χ2n) is 2.31. The van der Waals surface area contributed by atoms with Crippen LogP contribution in [-0.4, -0.2) is 18.5 Å². The molecular weight excluding hydrogens is 172 g/mol. The van der Waals surface area contributed by atoms with Crippen molar-refractivity contribution < 1.29 is 9.84 Å². The number of hydrogen-bond donors (Lipinski definition) is 1. The van der Waals surface area contributed by atoms with Crippen molar-refractivity contribution >= 4 is 11.8 Å². The molecule has 0 amide bonds. The van der Waals surface area contributed by atoms with E-state index in [-0.39, 0.29) is 6.61 Å². The summed E-state index contributed by atoms with van der Waals surface area (Å²) in [6.07, 6.45) is 1.99. The largest absolute Gasteiger partial charge is 0.495 e. The highest BCUT2D eigenvalue weighted by Crippen LogP contribution is 2.30. The second-order valence-corrected chi connectivity index (χ2v) is 3.16. The van der Waals surface area contributed by atoms with Gasteiger partial charge in [-0.05, 0) is 12.3 Å². The smallest absolute Gasteiger partial charge is 0.137 e. The molecule has 1 aromatic rings. The van der Waals surface area contributed by atoms with Crippen LogP contribution in [-0.2, 0) is 6.61 Å². The van der Waals surface area contributed by atoms with Gasteiger partial charge < -0.3 is 9.84 Å². The van der Waals surface area contributed by atoms with Gasteiger partial charge in [0.05, 0.1) is 13.7 Å². The minimum Gasteiger partial charge on any atom is -0.495 e. The van der Waals surface area contributed by atoms with Crippen molar-refractivity contribution in [1.82, 2.24) is 0 Å². The first kappa shape index (κ1) is 9.42. The molecule has 0 radical (unpaired) electrons. The maximum absolute atomic E-state index is 8.98. The van der Waals surface area contributed by atoms with Gasteiger partial charge in [-0.3, -0.25) is 0 Å². The Labute approximate surface area is 76.6 Å². The van der Waals surface area contributed by atoms with E-state index in [0.29, 0.717) is 0 Å². The van der Waals surface area contributed by atoms with Gasteiger partial charge in [-0.1, -0.05) is 12.1 Å². The Morgan fingerprint density at radius 1 is 1.50 bits per heavy atom. The summed E-state index contributed by atoms with van der Waals surface area (Å²) in [5.41, 5.74) is 0.837. The molecule has 1 rings (SSSR count). The quantitative estimate of drug-likeness (QED) is 0.728.